The van der Waals surface area contributed by atoms with Crippen LogP contribution in [0.5, 0.6) is 0 Å². The van der Waals surface area contributed by atoms with Gasteiger partial charge in [0.2, 0.25) is 5.91 Å². The number of carbonyl (C=O) groups is 1. The van der Waals surface area contributed by atoms with Gasteiger partial charge in [-0.3, -0.25) is 10.2 Å². The summed E-state index contributed by atoms with van der Waals surface area (Å²) >= 11 is 0. The van der Waals surface area contributed by atoms with Crippen LogP contribution < -0.4 is 5.73 Å². The Labute approximate surface area is 169 Å². The summed E-state index contributed by atoms with van der Waals surface area (Å²) in [5.41, 5.74) is 5.38. The summed E-state index contributed by atoms with van der Waals surface area (Å²) in [6.45, 7) is 5.09. The number of amides is 1. The summed E-state index contributed by atoms with van der Waals surface area (Å²) in [5, 5.41) is 16.5. The van der Waals surface area contributed by atoms with Gasteiger partial charge in [0.15, 0.2) is 0 Å². The molecule has 3 rings (SSSR count). The molecule has 3 fully saturated rings. The monoisotopic (exact) mass is 391 g/mol. The van der Waals surface area contributed by atoms with Gasteiger partial charge in [-0.15, -0.1) is 0 Å². The average Bonchev–Trinajstić information content (AvgIpc) is 3.12. The Kier molecular flexibility index (Phi) is 6.44. The summed E-state index contributed by atoms with van der Waals surface area (Å²) in [4.78, 5) is 16.4. The molecule has 1 aliphatic heterocycles. The third-order valence-electron chi connectivity index (χ3n) is 6.94. The molecule has 5 unspecified atom stereocenters. The van der Waals surface area contributed by atoms with Crippen molar-refractivity contribution in [3.8, 4) is 0 Å². The molecule has 1 amide bonds. The van der Waals surface area contributed by atoms with E-state index in [0.717, 1.165) is 32.1 Å². The van der Waals surface area contributed by atoms with Crippen molar-refractivity contribution in [3.05, 3.63) is 0 Å². The number of amidine groups is 1. The highest BCUT2D eigenvalue weighted by molar-refractivity contribution is 6.03. The third kappa shape index (κ3) is 4.10. The van der Waals surface area contributed by atoms with Crippen LogP contribution in [-0.2, 0) is 9.53 Å². The van der Waals surface area contributed by atoms with Gasteiger partial charge in [0, 0.05) is 25.8 Å². The predicted molar refractivity (Wildman–Crippen MR) is 111 cm³/mol. The topological polar surface area (TPSA) is 106 Å². The van der Waals surface area contributed by atoms with E-state index >= 15 is 0 Å². The standard InChI is InChI=1S/C21H37N5O2/c1-21(2)13-26(19(24)17(12-23)25(3)20(21)27)15-8-9-16(10-15)28-18-7-5-4-6-14(18)11-22/h12,14-18,23-24H,4-11,13,22H2,1-3H3. The third-order valence-corrected chi connectivity index (χ3v) is 6.94. The minimum atomic E-state index is -0.589. The molecule has 28 heavy (non-hydrogen) atoms. The van der Waals surface area contributed by atoms with E-state index in [1.165, 1.54) is 19.1 Å². The number of hydrogen-bond donors (Lipinski definition) is 3. The van der Waals surface area contributed by atoms with Gasteiger partial charge in [0.25, 0.3) is 0 Å². The van der Waals surface area contributed by atoms with E-state index in [1.54, 1.807) is 11.9 Å². The molecule has 0 aromatic rings. The highest BCUT2D eigenvalue weighted by Crippen LogP contribution is 2.35. The van der Waals surface area contributed by atoms with Crippen LogP contribution in [0.25, 0.3) is 0 Å². The van der Waals surface area contributed by atoms with E-state index in [9.17, 15) is 4.79 Å². The van der Waals surface area contributed by atoms with Crippen LogP contribution >= 0.6 is 0 Å². The number of nitrogens with two attached hydrogens (primary N) is 1. The van der Waals surface area contributed by atoms with Crippen molar-refractivity contribution in [3.63, 3.8) is 0 Å². The zero-order valence-electron chi connectivity index (χ0n) is 17.6. The molecule has 1 heterocycles. The molecular weight excluding hydrogens is 354 g/mol. The Morgan fingerprint density at radius 1 is 1.25 bits per heavy atom. The molecule has 0 spiro atoms. The van der Waals surface area contributed by atoms with Crippen LogP contribution in [0.15, 0.2) is 0 Å². The van der Waals surface area contributed by atoms with Gasteiger partial charge in [-0.1, -0.05) is 12.8 Å². The van der Waals surface area contributed by atoms with E-state index in [4.69, 9.17) is 21.3 Å². The van der Waals surface area contributed by atoms with Crippen molar-refractivity contribution in [1.82, 2.24) is 9.80 Å². The van der Waals surface area contributed by atoms with E-state index in [1.807, 2.05) is 13.8 Å². The summed E-state index contributed by atoms with van der Waals surface area (Å²) < 4.78 is 6.49. The number of nitrogens with zero attached hydrogens (tertiary/aromatic N) is 2. The van der Waals surface area contributed by atoms with Gasteiger partial charge in [-0.25, -0.2) is 0 Å². The van der Waals surface area contributed by atoms with E-state index in [2.05, 4.69) is 4.90 Å². The van der Waals surface area contributed by atoms with Crippen LogP contribution in [-0.4, -0.2) is 72.2 Å². The minimum absolute atomic E-state index is 0.00737. The Hall–Kier alpha value is -1.47. The summed E-state index contributed by atoms with van der Waals surface area (Å²) in [5.74, 6) is 0.823. The van der Waals surface area contributed by atoms with Gasteiger partial charge < -0.3 is 25.7 Å². The quantitative estimate of drug-likeness (QED) is 0.625. The molecule has 0 bridgehead atoms. The highest BCUT2D eigenvalue weighted by Gasteiger charge is 2.45. The molecule has 0 aromatic heterocycles. The molecule has 4 N–H and O–H groups in total. The van der Waals surface area contributed by atoms with Gasteiger partial charge in [0.1, 0.15) is 11.9 Å². The number of carbonyl (C=O) groups excluding carboxylic acids is 1. The molecule has 158 valence electrons. The van der Waals surface area contributed by atoms with Crippen molar-refractivity contribution in [2.75, 3.05) is 20.1 Å². The van der Waals surface area contributed by atoms with E-state index in [0.29, 0.717) is 24.8 Å². The fourth-order valence-electron chi connectivity index (χ4n) is 5.25. The highest BCUT2D eigenvalue weighted by atomic mass is 16.5. The van der Waals surface area contributed by atoms with E-state index < -0.39 is 11.5 Å². The smallest absolute Gasteiger partial charge is 0.230 e. The summed E-state index contributed by atoms with van der Waals surface area (Å²) in [6, 6.07) is -0.396. The first-order valence-electron chi connectivity index (χ1n) is 10.8. The normalized spacial score (nSPS) is 36.5. The maximum absolute atomic E-state index is 12.8. The summed E-state index contributed by atoms with van der Waals surface area (Å²) in [6.07, 6.45) is 9.26. The van der Waals surface area contributed by atoms with Crippen molar-refractivity contribution < 1.29 is 9.53 Å². The first-order valence-corrected chi connectivity index (χ1v) is 10.8. The first kappa shape index (κ1) is 21.2. The lowest BCUT2D eigenvalue weighted by molar-refractivity contribution is -0.138. The Morgan fingerprint density at radius 3 is 2.64 bits per heavy atom. The van der Waals surface area contributed by atoms with Crippen LogP contribution in [0.1, 0.15) is 58.8 Å². The minimum Gasteiger partial charge on any atom is -0.375 e. The molecule has 2 aliphatic carbocycles. The van der Waals surface area contributed by atoms with Crippen LogP contribution in [0.3, 0.4) is 0 Å². The molecular formula is C21H37N5O2. The fraction of sp³-hybridized carbons (Fsp3) is 0.857. The van der Waals surface area contributed by atoms with Crippen molar-refractivity contribution in [1.29, 1.82) is 10.8 Å². The molecule has 5 atom stereocenters. The molecule has 0 radical (unpaired) electrons. The molecule has 7 heteroatoms. The van der Waals surface area contributed by atoms with Crippen LogP contribution in [0, 0.1) is 22.2 Å². The van der Waals surface area contributed by atoms with Crippen molar-refractivity contribution >= 4 is 18.0 Å². The number of likely N-dealkylation sites (N-methyl/N-ethyl adjacent to an activating group) is 1. The summed E-state index contributed by atoms with van der Waals surface area (Å²) in [7, 11) is 1.70. The maximum atomic E-state index is 12.8. The Morgan fingerprint density at radius 2 is 1.96 bits per heavy atom. The molecule has 1 saturated heterocycles. The lowest BCUT2D eigenvalue weighted by atomic mass is 9.86. The Bertz CT molecular complexity index is 608. The number of rotatable bonds is 5. The van der Waals surface area contributed by atoms with Crippen LogP contribution in [0.2, 0.25) is 0 Å². The zero-order valence-corrected chi connectivity index (χ0v) is 17.6. The molecule has 2 saturated carbocycles. The second kappa shape index (κ2) is 8.49. The number of ether oxygens (including phenoxy) is 1. The molecule has 0 aromatic carbocycles. The molecule has 7 nitrogen and oxygen atoms in total. The zero-order chi connectivity index (χ0) is 20.5. The maximum Gasteiger partial charge on any atom is 0.230 e. The first-order chi connectivity index (χ1) is 13.3. The lowest BCUT2D eigenvalue weighted by Crippen LogP contribution is -2.49. The lowest BCUT2D eigenvalue weighted by Gasteiger charge is -2.35. The second-order valence-electron chi connectivity index (χ2n) is 9.47. The van der Waals surface area contributed by atoms with Crippen molar-refractivity contribution in [2.24, 2.45) is 17.1 Å². The van der Waals surface area contributed by atoms with Gasteiger partial charge in [-0.05, 0) is 58.4 Å². The fourth-order valence-corrected chi connectivity index (χ4v) is 5.25. The average molecular weight is 392 g/mol. The van der Waals surface area contributed by atoms with Crippen molar-refractivity contribution in [2.45, 2.75) is 83.1 Å². The number of hydrogen-bond acceptors (Lipinski definition) is 5. The van der Waals surface area contributed by atoms with Gasteiger partial charge in [-0.2, -0.15) is 0 Å². The van der Waals surface area contributed by atoms with Gasteiger partial charge in [0.05, 0.1) is 17.6 Å². The SMILES string of the molecule is CN1C(=O)C(C)(C)CN(C2CCC(OC3CCCCC3CN)C2)C(=N)C1C=N. The largest absolute Gasteiger partial charge is 0.375 e. The second-order valence-corrected chi connectivity index (χ2v) is 9.47. The molecule has 3 aliphatic rings. The predicted octanol–water partition coefficient (Wildman–Crippen LogP) is 2.24. The van der Waals surface area contributed by atoms with Crippen LogP contribution in [0.4, 0.5) is 0 Å². The number of nitrogens with one attached hydrogen (secondary N) is 2. The van der Waals surface area contributed by atoms with E-state index in [-0.39, 0.29) is 24.2 Å². The van der Waals surface area contributed by atoms with Gasteiger partial charge >= 0.3 is 0 Å². The Balaban J connectivity index is 1.69.